The van der Waals surface area contributed by atoms with E-state index in [1.807, 2.05) is 24.3 Å². The predicted octanol–water partition coefficient (Wildman–Crippen LogP) is 4.00. The van der Waals surface area contributed by atoms with Gasteiger partial charge in [0, 0.05) is 21.9 Å². The molecule has 0 atom stereocenters. The number of rotatable bonds is 4. The maximum Gasteiger partial charge on any atom is 0.229 e. The van der Waals surface area contributed by atoms with Gasteiger partial charge in [-0.05, 0) is 43.9 Å². The summed E-state index contributed by atoms with van der Waals surface area (Å²) in [6, 6.07) is 8.11. The minimum Gasteiger partial charge on any atom is -0.339 e. The van der Waals surface area contributed by atoms with Gasteiger partial charge in [-0.1, -0.05) is 22.8 Å². The number of hydrogen-bond donors (Lipinski definition) is 1. The fraction of sp³-hybridized carbons (Fsp3) is 0.467. The number of thioether (sulfide) groups is 1. The van der Waals surface area contributed by atoms with Gasteiger partial charge in [0.05, 0.1) is 5.75 Å². The first kappa shape index (κ1) is 14.9. The normalized spacial score (nSPS) is 22.4. The lowest BCUT2D eigenvalue weighted by Crippen LogP contribution is -2.25. The Morgan fingerprint density at radius 3 is 2.86 bits per heavy atom. The molecule has 1 aromatic carbocycles. The zero-order chi connectivity index (χ0) is 14.7. The van der Waals surface area contributed by atoms with Crippen LogP contribution in [0.15, 0.2) is 33.7 Å². The van der Waals surface area contributed by atoms with Crippen molar-refractivity contribution < 1.29 is 4.52 Å². The molecule has 0 amide bonds. The second-order valence-corrected chi connectivity index (χ2v) is 6.89. The highest BCUT2D eigenvalue weighted by molar-refractivity contribution is 7.98. The third-order valence-corrected chi connectivity index (χ3v) is 4.99. The van der Waals surface area contributed by atoms with Crippen molar-refractivity contribution in [2.45, 2.75) is 48.3 Å². The minimum atomic E-state index is 0.335. The molecular weight excluding hydrogens is 306 g/mol. The second kappa shape index (κ2) is 6.81. The Bertz CT molecular complexity index is 596. The highest BCUT2D eigenvalue weighted by atomic mass is 35.5. The molecule has 0 aliphatic heterocycles. The molecule has 0 bridgehead atoms. The van der Waals surface area contributed by atoms with E-state index in [9.17, 15) is 0 Å². The molecule has 0 radical (unpaired) electrons. The van der Waals surface area contributed by atoms with Gasteiger partial charge in [0.15, 0.2) is 5.82 Å². The standard InChI is InChI=1S/C15H18ClN3OS/c16-11-2-1-3-13(8-11)21-9-14-18-15(20-19-14)10-4-6-12(17)7-5-10/h1-3,8,10,12H,4-7,9,17H2. The lowest BCUT2D eigenvalue weighted by molar-refractivity contribution is 0.300. The molecule has 6 heteroatoms. The summed E-state index contributed by atoms with van der Waals surface area (Å²) in [5, 5.41) is 4.82. The van der Waals surface area contributed by atoms with Gasteiger partial charge in [0.2, 0.25) is 5.89 Å². The minimum absolute atomic E-state index is 0.335. The molecule has 2 aromatic rings. The van der Waals surface area contributed by atoms with Gasteiger partial charge in [-0.25, -0.2) is 0 Å². The van der Waals surface area contributed by atoms with E-state index in [4.69, 9.17) is 21.9 Å². The Hall–Kier alpha value is -1.04. The van der Waals surface area contributed by atoms with Crippen LogP contribution in [0.3, 0.4) is 0 Å². The van der Waals surface area contributed by atoms with Crippen LogP contribution in [0.1, 0.15) is 43.3 Å². The summed E-state index contributed by atoms with van der Waals surface area (Å²) in [5.41, 5.74) is 5.92. The highest BCUT2D eigenvalue weighted by Gasteiger charge is 2.24. The van der Waals surface area contributed by atoms with Crippen molar-refractivity contribution in [3.8, 4) is 0 Å². The van der Waals surface area contributed by atoms with E-state index >= 15 is 0 Å². The van der Waals surface area contributed by atoms with Crippen LogP contribution in [0.2, 0.25) is 5.02 Å². The topological polar surface area (TPSA) is 64.9 Å². The van der Waals surface area contributed by atoms with Gasteiger partial charge < -0.3 is 10.3 Å². The zero-order valence-electron chi connectivity index (χ0n) is 11.7. The van der Waals surface area contributed by atoms with E-state index in [1.165, 1.54) is 0 Å². The van der Waals surface area contributed by atoms with Gasteiger partial charge in [-0.15, -0.1) is 11.8 Å². The summed E-state index contributed by atoms with van der Waals surface area (Å²) < 4.78 is 5.41. The molecule has 2 N–H and O–H groups in total. The van der Waals surface area contributed by atoms with Crippen molar-refractivity contribution in [2.75, 3.05) is 0 Å². The molecule has 1 aliphatic carbocycles. The van der Waals surface area contributed by atoms with Gasteiger partial charge in [0.25, 0.3) is 0 Å². The number of benzene rings is 1. The fourth-order valence-electron chi connectivity index (χ4n) is 2.56. The van der Waals surface area contributed by atoms with Crippen molar-refractivity contribution in [1.82, 2.24) is 10.1 Å². The van der Waals surface area contributed by atoms with Crippen molar-refractivity contribution in [1.29, 1.82) is 0 Å². The molecule has 4 nitrogen and oxygen atoms in total. The molecule has 1 fully saturated rings. The van der Waals surface area contributed by atoms with E-state index in [0.717, 1.165) is 47.3 Å². The second-order valence-electron chi connectivity index (χ2n) is 5.41. The molecule has 0 spiro atoms. The van der Waals surface area contributed by atoms with Crippen LogP contribution in [0, 0.1) is 0 Å². The Morgan fingerprint density at radius 2 is 2.10 bits per heavy atom. The smallest absolute Gasteiger partial charge is 0.229 e. The first-order valence-electron chi connectivity index (χ1n) is 7.17. The van der Waals surface area contributed by atoms with E-state index in [0.29, 0.717) is 17.7 Å². The van der Waals surface area contributed by atoms with Gasteiger partial charge in [-0.3, -0.25) is 0 Å². The molecule has 1 aromatic heterocycles. The van der Waals surface area contributed by atoms with E-state index < -0.39 is 0 Å². The third-order valence-electron chi connectivity index (χ3n) is 3.77. The van der Waals surface area contributed by atoms with Crippen molar-refractivity contribution in [3.05, 3.63) is 41.0 Å². The molecule has 0 saturated heterocycles. The quantitative estimate of drug-likeness (QED) is 0.861. The summed E-state index contributed by atoms with van der Waals surface area (Å²) in [4.78, 5) is 5.63. The van der Waals surface area contributed by atoms with Crippen LogP contribution in [-0.2, 0) is 5.75 Å². The van der Waals surface area contributed by atoms with Crippen molar-refractivity contribution in [3.63, 3.8) is 0 Å². The molecule has 1 heterocycles. The highest BCUT2D eigenvalue weighted by Crippen LogP contribution is 2.32. The summed E-state index contributed by atoms with van der Waals surface area (Å²) in [6.45, 7) is 0. The number of nitrogens with zero attached hydrogens (tertiary/aromatic N) is 2. The summed E-state index contributed by atoms with van der Waals surface area (Å²) in [5.74, 6) is 2.58. The van der Waals surface area contributed by atoms with Crippen LogP contribution in [0.5, 0.6) is 0 Å². The Balaban J connectivity index is 1.58. The number of nitrogens with two attached hydrogens (primary N) is 1. The summed E-state index contributed by atoms with van der Waals surface area (Å²) in [6.07, 6.45) is 4.17. The maximum absolute atomic E-state index is 5.97. The lowest BCUT2D eigenvalue weighted by atomic mass is 9.86. The Kier molecular flexibility index (Phi) is 4.83. The van der Waals surface area contributed by atoms with Crippen molar-refractivity contribution >= 4 is 23.4 Å². The van der Waals surface area contributed by atoms with Crippen molar-refractivity contribution in [2.24, 2.45) is 5.73 Å². The molecule has 21 heavy (non-hydrogen) atoms. The third kappa shape index (κ3) is 3.99. The van der Waals surface area contributed by atoms with Crippen LogP contribution in [0.25, 0.3) is 0 Å². The molecule has 3 rings (SSSR count). The first-order chi connectivity index (χ1) is 10.2. The van der Waals surface area contributed by atoms with Crippen LogP contribution < -0.4 is 5.73 Å². The molecular formula is C15H18ClN3OS. The average molecular weight is 324 g/mol. The van der Waals surface area contributed by atoms with E-state index in [2.05, 4.69) is 10.1 Å². The van der Waals surface area contributed by atoms with Crippen LogP contribution in [0.4, 0.5) is 0 Å². The van der Waals surface area contributed by atoms with Crippen LogP contribution >= 0.6 is 23.4 Å². The average Bonchev–Trinajstić information content (AvgIpc) is 2.95. The Labute approximate surface area is 133 Å². The SMILES string of the molecule is NC1CCC(c2nc(CSc3cccc(Cl)c3)no2)CC1. The fourth-order valence-corrected chi connectivity index (χ4v) is 3.62. The molecule has 1 saturated carbocycles. The van der Waals surface area contributed by atoms with Gasteiger partial charge >= 0.3 is 0 Å². The Morgan fingerprint density at radius 1 is 1.29 bits per heavy atom. The summed E-state index contributed by atoms with van der Waals surface area (Å²) >= 11 is 7.63. The van der Waals surface area contributed by atoms with Crippen LogP contribution in [-0.4, -0.2) is 16.2 Å². The predicted molar refractivity (Wildman–Crippen MR) is 84.5 cm³/mol. The van der Waals surface area contributed by atoms with E-state index in [-0.39, 0.29) is 0 Å². The summed E-state index contributed by atoms with van der Waals surface area (Å²) in [7, 11) is 0. The number of halogens is 1. The van der Waals surface area contributed by atoms with Gasteiger partial charge in [-0.2, -0.15) is 4.98 Å². The first-order valence-corrected chi connectivity index (χ1v) is 8.53. The molecule has 112 valence electrons. The number of hydrogen-bond acceptors (Lipinski definition) is 5. The largest absolute Gasteiger partial charge is 0.339 e. The maximum atomic E-state index is 5.97. The van der Waals surface area contributed by atoms with E-state index in [1.54, 1.807) is 11.8 Å². The van der Waals surface area contributed by atoms with Gasteiger partial charge in [0.1, 0.15) is 0 Å². The molecule has 1 aliphatic rings. The monoisotopic (exact) mass is 323 g/mol. The zero-order valence-corrected chi connectivity index (χ0v) is 13.2. The number of aromatic nitrogens is 2. The molecule has 0 unspecified atom stereocenters. The lowest BCUT2D eigenvalue weighted by Gasteiger charge is -2.22.